The summed E-state index contributed by atoms with van der Waals surface area (Å²) in [6.45, 7) is 4.18. The van der Waals surface area contributed by atoms with Crippen LogP contribution in [0, 0.1) is 6.92 Å². The van der Waals surface area contributed by atoms with Gasteiger partial charge >= 0.3 is 0 Å². The van der Waals surface area contributed by atoms with E-state index >= 15 is 0 Å². The molecule has 0 unspecified atom stereocenters. The Balaban J connectivity index is 1.62. The highest BCUT2D eigenvalue weighted by atomic mass is 79.9. The molecule has 33 heavy (non-hydrogen) atoms. The summed E-state index contributed by atoms with van der Waals surface area (Å²) in [5.74, 6) is 0.914. The van der Waals surface area contributed by atoms with Crippen LogP contribution >= 0.6 is 39.3 Å². The fourth-order valence-corrected chi connectivity index (χ4v) is 4.48. The van der Waals surface area contributed by atoms with E-state index in [1.54, 1.807) is 19.4 Å². The number of hydrazone groups is 1. The third-order valence-corrected chi connectivity index (χ3v) is 6.74. The minimum Gasteiger partial charge on any atom is -0.493 e. The summed E-state index contributed by atoms with van der Waals surface area (Å²) in [6.07, 6.45) is 1.56. The zero-order valence-corrected chi connectivity index (χ0v) is 21.6. The van der Waals surface area contributed by atoms with Gasteiger partial charge in [-0.3, -0.25) is 4.79 Å². The largest absolute Gasteiger partial charge is 0.493 e. The number of methoxy groups -OCH3 is 1. The predicted octanol–water partition coefficient (Wildman–Crippen LogP) is 6.63. The van der Waals surface area contributed by atoms with Crippen molar-refractivity contribution in [3.05, 3.63) is 86.8 Å². The smallest absolute Gasteiger partial charge is 0.253 e. The van der Waals surface area contributed by atoms with Crippen LogP contribution in [0.4, 0.5) is 0 Å². The van der Waals surface area contributed by atoms with Crippen molar-refractivity contribution >= 4 is 51.4 Å². The first kappa shape index (κ1) is 25.1. The molecule has 3 aromatic carbocycles. The SMILES string of the molecule is COc1cc(/C=N\NC(=O)[C@@H](C)Sc2ccc(C)cc2)cc(Br)c1OCc1ccccc1Cl. The van der Waals surface area contributed by atoms with Crippen LogP contribution in [0.1, 0.15) is 23.6 Å². The summed E-state index contributed by atoms with van der Waals surface area (Å²) >= 11 is 11.2. The van der Waals surface area contributed by atoms with E-state index in [1.165, 1.54) is 17.3 Å². The molecule has 0 aliphatic rings. The van der Waals surface area contributed by atoms with Crippen LogP contribution in [0.5, 0.6) is 11.5 Å². The van der Waals surface area contributed by atoms with Crippen molar-refractivity contribution < 1.29 is 14.3 Å². The van der Waals surface area contributed by atoms with Crippen molar-refractivity contribution in [2.45, 2.75) is 30.6 Å². The van der Waals surface area contributed by atoms with Crippen LogP contribution in [0.25, 0.3) is 0 Å². The minimum atomic E-state index is -0.285. The Morgan fingerprint density at radius 3 is 2.64 bits per heavy atom. The van der Waals surface area contributed by atoms with Gasteiger partial charge in [0.2, 0.25) is 0 Å². The predicted molar refractivity (Wildman–Crippen MR) is 139 cm³/mol. The Hall–Kier alpha value is -2.48. The average Bonchev–Trinajstić information content (AvgIpc) is 2.80. The maximum absolute atomic E-state index is 12.4. The first-order valence-corrected chi connectivity index (χ1v) is 12.2. The zero-order chi connectivity index (χ0) is 23.8. The van der Waals surface area contributed by atoms with Gasteiger partial charge in [-0.05, 0) is 65.7 Å². The zero-order valence-electron chi connectivity index (χ0n) is 18.5. The van der Waals surface area contributed by atoms with E-state index in [0.717, 1.165) is 16.0 Å². The molecule has 0 aromatic heterocycles. The highest BCUT2D eigenvalue weighted by Crippen LogP contribution is 2.37. The van der Waals surface area contributed by atoms with Crippen LogP contribution in [-0.2, 0) is 11.4 Å². The van der Waals surface area contributed by atoms with E-state index < -0.39 is 0 Å². The highest BCUT2D eigenvalue weighted by molar-refractivity contribution is 9.10. The summed E-state index contributed by atoms with van der Waals surface area (Å²) in [5, 5.41) is 4.45. The van der Waals surface area contributed by atoms with Crippen molar-refractivity contribution in [2.75, 3.05) is 7.11 Å². The summed E-state index contributed by atoms with van der Waals surface area (Å²) in [7, 11) is 1.57. The second kappa shape index (κ2) is 12.1. The van der Waals surface area contributed by atoms with Gasteiger partial charge in [-0.15, -0.1) is 11.8 Å². The topological polar surface area (TPSA) is 59.9 Å². The Bertz CT molecular complexity index is 1140. The number of aryl methyl sites for hydroxylation is 1. The number of thioether (sulfide) groups is 1. The molecule has 3 rings (SSSR count). The van der Waals surface area contributed by atoms with Crippen molar-refractivity contribution in [1.29, 1.82) is 0 Å². The fraction of sp³-hybridized carbons (Fsp3) is 0.200. The number of halogens is 2. The average molecular weight is 548 g/mol. The second-order valence-corrected chi connectivity index (χ2v) is 9.90. The number of amides is 1. The van der Waals surface area contributed by atoms with Crippen molar-refractivity contribution in [1.82, 2.24) is 5.43 Å². The molecule has 0 fully saturated rings. The summed E-state index contributed by atoms with van der Waals surface area (Å²) < 4.78 is 12.1. The molecule has 0 aliphatic heterocycles. The maximum atomic E-state index is 12.4. The van der Waals surface area contributed by atoms with Gasteiger partial charge in [-0.25, -0.2) is 5.43 Å². The van der Waals surface area contributed by atoms with Gasteiger partial charge < -0.3 is 9.47 Å². The van der Waals surface area contributed by atoms with Crippen LogP contribution in [0.15, 0.2) is 75.1 Å². The van der Waals surface area contributed by atoms with Crippen LogP contribution in [0.3, 0.4) is 0 Å². The third kappa shape index (κ3) is 7.25. The first-order valence-electron chi connectivity index (χ1n) is 10.2. The van der Waals surface area contributed by atoms with Gasteiger partial charge in [0.25, 0.3) is 5.91 Å². The lowest BCUT2D eigenvalue weighted by Crippen LogP contribution is -2.26. The quantitative estimate of drug-likeness (QED) is 0.186. The van der Waals surface area contributed by atoms with Crippen molar-refractivity contribution in [3.63, 3.8) is 0 Å². The van der Waals surface area contributed by atoms with Gasteiger partial charge in [-0.2, -0.15) is 5.10 Å². The monoisotopic (exact) mass is 546 g/mol. The molecule has 0 heterocycles. The molecule has 0 radical (unpaired) electrons. The number of benzene rings is 3. The Kier molecular flexibility index (Phi) is 9.23. The van der Waals surface area contributed by atoms with Gasteiger partial charge in [0.1, 0.15) is 6.61 Å². The number of hydrogen-bond donors (Lipinski definition) is 1. The van der Waals surface area contributed by atoms with Crippen LogP contribution in [0.2, 0.25) is 5.02 Å². The molecule has 0 saturated heterocycles. The van der Waals surface area contributed by atoms with Gasteiger partial charge in [0.15, 0.2) is 11.5 Å². The third-order valence-electron chi connectivity index (χ3n) is 4.67. The van der Waals surface area contributed by atoms with Crippen molar-refractivity contribution in [3.8, 4) is 11.5 Å². The molecule has 1 N–H and O–H groups in total. The number of rotatable bonds is 9. The molecular formula is C25H24BrClN2O3S. The lowest BCUT2D eigenvalue weighted by Gasteiger charge is -2.14. The number of nitrogens with zero attached hydrogens (tertiary/aromatic N) is 1. The standard InChI is InChI=1S/C25H24BrClN2O3S/c1-16-8-10-20(11-9-16)33-17(2)25(30)29-28-14-18-12-21(26)24(23(13-18)31-3)32-15-19-6-4-5-7-22(19)27/h4-14,17H,15H2,1-3H3,(H,29,30)/b28-14-/t17-/m1/s1. The highest BCUT2D eigenvalue weighted by Gasteiger charge is 2.15. The molecule has 172 valence electrons. The lowest BCUT2D eigenvalue weighted by atomic mass is 10.2. The molecule has 0 spiro atoms. The van der Waals surface area contributed by atoms with E-state index in [-0.39, 0.29) is 11.2 Å². The van der Waals surface area contributed by atoms with Gasteiger partial charge in [-0.1, -0.05) is 47.5 Å². The molecule has 5 nitrogen and oxygen atoms in total. The lowest BCUT2D eigenvalue weighted by molar-refractivity contribution is -0.120. The number of nitrogens with one attached hydrogen (secondary N) is 1. The van der Waals surface area contributed by atoms with Crippen molar-refractivity contribution in [2.24, 2.45) is 5.10 Å². The van der Waals surface area contributed by atoms with Gasteiger partial charge in [0.05, 0.1) is 23.0 Å². The number of carbonyl (C=O) groups is 1. The first-order chi connectivity index (χ1) is 15.9. The van der Waals surface area contributed by atoms with Gasteiger partial charge in [0, 0.05) is 15.5 Å². The molecule has 3 aromatic rings. The molecule has 0 aliphatic carbocycles. The fourth-order valence-electron chi connectivity index (χ4n) is 2.86. The molecule has 1 atom stereocenters. The molecule has 1 amide bonds. The minimum absolute atomic E-state index is 0.178. The Morgan fingerprint density at radius 1 is 1.21 bits per heavy atom. The number of ether oxygens (including phenoxy) is 2. The molecule has 8 heteroatoms. The van der Waals surface area contributed by atoms with E-state index in [2.05, 4.69) is 26.5 Å². The summed E-state index contributed by atoms with van der Waals surface area (Å²) in [5.41, 5.74) is 5.39. The van der Waals surface area contributed by atoms with E-state index in [1.807, 2.05) is 68.4 Å². The van der Waals surface area contributed by atoms with E-state index in [9.17, 15) is 4.79 Å². The molecule has 0 bridgehead atoms. The van der Waals surface area contributed by atoms with E-state index in [0.29, 0.717) is 27.6 Å². The summed E-state index contributed by atoms with van der Waals surface area (Å²) in [6, 6.07) is 19.2. The molecule has 0 saturated carbocycles. The number of carbonyl (C=O) groups excluding carboxylic acids is 1. The number of hydrogen-bond acceptors (Lipinski definition) is 5. The maximum Gasteiger partial charge on any atom is 0.253 e. The van der Waals surface area contributed by atoms with Crippen LogP contribution in [-0.4, -0.2) is 24.5 Å². The van der Waals surface area contributed by atoms with Crippen LogP contribution < -0.4 is 14.9 Å². The normalized spacial score (nSPS) is 11.9. The summed E-state index contributed by atoms with van der Waals surface area (Å²) in [4.78, 5) is 13.4. The Morgan fingerprint density at radius 2 is 1.94 bits per heavy atom. The Labute approximate surface area is 211 Å². The van der Waals surface area contributed by atoms with E-state index in [4.69, 9.17) is 21.1 Å². The molecular weight excluding hydrogens is 524 g/mol. The second-order valence-electron chi connectivity index (χ2n) is 7.22.